The molecule has 106 valence electrons. The standard InChI is InChI=1S/C13H17F2O3P/c1-19(16,17)18-12-8-4-6-10(13(12)15)9-5-2-3-7-11(9)14/h4,6,8-9,11H,2-3,5,7H2,1H3,(H,16,17). The normalized spacial score (nSPS) is 26.7. The minimum absolute atomic E-state index is 0.234. The van der Waals surface area contributed by atoms with Crippen LogP contribution in [0.1, 0.15) is 37.2 Å². The van der Waals surface area contributed by atoms with Gasteiger partial charge in [0.1, 0.15) is 6.17 Å². The van der Waals surface area contributed by atoms with Gasteiger partial charge in [-0.3, -0.25) is 0 Å². The minimum Gasteiger partial charge on any atom is -0.421 e. The molecule has 1 saturated carbocycles. The summed E-state index contributed by atoms with van der Waals surface area (Å²) in [6.07, 6.45) is 1.63. The zero-order valence-electron chi connectivity index (χ0n) is 10.7. The zero-order valence-corrected chi connectivity index (χ0v) is 11.6. The van der Waals surface area contributed by atoms with Gasteiger partial charge in [0.2, 0.25) is 0 Å². The van der Waals surface area contributed by atoms with Crippen LogP contribution in [0.15, 0.2) is 18.2 Å². The highest BCUT2D eigenvalue weighted by Crippen LogP contribution is 2.43. The van der Waals surface area contributed by atoms with Crippen LogP contribution in [0.2, 0.25) is 0 Å². The Morgan fingerprint density at radius 3 is 2.68 bits per heavy atom. The van der Waals surface area contributed by atoms with Gasteiger partial charge in [-0.2, -0.15) is 0 Å². The lowest BCUT2D eigenvalue weighted by atomic mass is 9.82. The van der Waals surface area contributed by atoms with Crippen LogP contribution in [0.5, 0.6) is 5.75 Å². The van der Waals surface area contributed by atoms with Gasteiger partial charge >= 0.3 is 7.60 Å². The molecule has 0 bridgehead atoms. The van der Waals surface area contributed by atoms with Gasteiger partial charge in [-0.05, 0) is 24.5 Å². The smallest absolute Gasteiger partial charge is 0.373 e. The molecule has 19 heavy (non-hydrogen) atoms. The second kappa shape index (κ2) is 5.59. The Balaban J connectivity index is 2.31. The average Bonchev–Trinajstić information content (AvgIpc) is 2.31. The van der Waals surface area contributed by atoms with E-state index in [9.17, 15) is 13.3 Å². The van der Waals surface area contributed by atoms with Gasteiger partial charge in [0.25, 0.3) is 0 Å². The van der Waals surface area contributed by atoms with Crippen LogP contribution >= 0.6 is 7.60 Å². The van der Waals surface area contributed by atoms with Crippen molar-refractivity contribution in [2.45, 2.75) is 37.8 Å². The third kappa shape index (κ3) is 3.54. The lowest BCUT2D eigenvalue weighted by Gasteiger charge is -2.27. The maximum Gasteiger partial charge on any atom is 0.373 e. The van der Waals surface area contributed by atoms with Crippen molar-refractivity contribution in [1.82, 2.24) is 0 Å². The molecule has 3 atom stereocenters. The van der Waals surface area contributed by atoms with Crippen molar-refractivity contribution < 1.29 is 22.8 Å². The number of hydrogen-bond acceptors (Lipinski definition) is 2. The second-order valence-electron chi connectivity index (χ2n) is 4.96. The van der Waals surface area contributed by atoms with Crippen LogP contribution in [0, 0.1) is 5.82 Å². The Kier molecular flexibility index (Phi) is 4.26. The third-order valence-electron chi connectivity index (χ3n) is 3.34. The Labute approximate surface area is 111 Å². The summed E-state index contributed by atoms with van der Waals surface area (Å²) in [5.41, 5.74) is 0.234. The fraction of sp³-hybridized carbons (Fsp3) is 0.538. The van der Waals surface area contributed by atoms with Crippen LogP contribution in [0.4, 0.5) is 8.78 Å². The summed E-state index contributed by atoms with van der Waals surface area (Å²) in [6, 6.07) is 4.31. The van der Waals surface area contributed by atoms with Crippen LogP contribution < -0.4 is 4.52 Å². The van der Waals surface area contributed by atoms with Gasteiger partial charge in [0.15, 0.2) is 11.6 Å². The molecule has 0 radical (unpaired) electrons. The molecule has 3 nitrogen and oxygen atoms in total. The van der Waals surface area contributed by atoms with Crippen molar-refractivity contribution in [3.8, 4) is 5.75 Å². The molecule has 0 heterocycles. The summed E-state index contributed by atoms with van der Waals surface area (Å²) in [4.78, 5) is 9.14. The van der Waals surface area contributed by atoms with Gasteiger partial charge in [-0.25, -0.2) is 13.3 Å². The summed E-state index contributed by atoms with van der Waals surface area (Å²) in [7, 11) is -3.82. The quantitative estimate of drug-likeness (QED) is 0.855. The highest BCUT2D eigenvalue weighted by Gasteiger charge is 2.30. The van der Waals surface area contributed by atoms with Crippen LogP contribution in [-0.4, -0.2) is 17.7 Å². The summed E-state index contributed by atoms with van der Waals surface area (Å²) in [5, 5.41) is 0. The molecule has 1 fully saturated rings. The van der Waals surface area contributed by atoms with Crippen molar-refractivity contribution >= 4 is 7.60 Å². The van der Waals surface area contributed by atoms with E-state index in [1.165, 1.54) is 18.2 Å². The van der Waals surface area contributed by atoms with Gasteiger partial charge < -0.3 is 9.42 Å². The highest BCUT2D eigenvalue weighted by molar-refractivity contribution is 7.52. The summed E-state index contributed by atoms with van der Waals surface area (Å²) >= 11 is 0. The van der Waals surface area contributed by atoms with E-state index in [1.54, 1.807) is 0 Å². The minimum atomic E-state index is -3.82. The Bertz CT molecular complexity index is 501. The first-order valence-corrected chi connectivity index (χ1v) is 8.33. The third-order valence-corrected chi connectivity index (χ3v) is 3.88. The molecule has 1 aliphatic rings. The molecule has 3 unspecified atom stereocenters. The summed E-state index contributed by atoms with van der Waals surface area (Å²) < 4.78 is 44.0. The average molecular weight is 290 g/mol. The first kappa shape index (κ1) is 14.5. The molecule has 1 aliphatic carbocycles. The van der Waals surface area contributed by atoms with Crippen LogP contribution in [0.25, 0.3) is 0 Å². The largest absolute Gasteiger partial charge is 0.421 e. The fourth-order valence-corrected chi connectivity index (χ4v) is 3.01. The molecule has 1 aromatic rings. The summed E-state index contributed by atoms with van der Waals surface area (Å²) in [6.45, 7) is 0.984. The van der Waals surface area contributed by atoms with E-state index in [1.807, 2.05) is 0 Å². The van der Waals surface area contributed by atoms with Crippen molar-refractivity contribution in [1.29, 1.82) is 0 Å². The zero-order chi connectivity index (χ0) is 14.0. The van der Waals surface area contributed by atoms with Crippen molar-refractivity contribution in [2.75, 3.05) is 6.66 Å². The Morgan fingerprint density at radius 2 is 2.05 bits per heavy atom. The summed E-state index contributed by atoms with van der Waals surface area (Å²) in [5.74, 6) is -1.51. The van der Waals surface area contributed by atoms with E-state index in [-0.39, 0.29) is 11.3 Å². The molecular formula is C13H17F2O3P. The number of benzene rings is 1. The predicted molar refractivity (Wildman–Crippen MR) is 68.9 cm³/mol. The number of rotatable bonds is 3. The van der Waals surface area contributed by atoms with Crippen molar-refractivity contribution in [3.63, 3.8) is 0 Å². The molecule has 1 N–H and O–H groups in total. The molecule has 1 aromatic carbocycles. The van der Waals surface area contributed by atoms with Crippen molar-refractivity contribution in [2.24, 2.45) is 0 Å². The SMILES string of the molecule is CP(=O)(O)Oc1cccc(C2CCCCC2F)c1F. The molecular weight excluding hydrogens is 273 g/mol. The second-order valence-corrected chi connectivity index (χ2v) is 6.75. The van der Waals surface area contributed by atoms with E-state index in [0.717, 1.165) is 19.5 Å². The maximum absolute atomic E-state index is 14.2. The number of hydrogen-bond donors (Lipinski definition) is 1. The fourth-order valence-electron chi connectivity index (χ4n) is 2.50. The maximum atomic E-state index is 14.2. The molecule has 6 heteroatoms. The van der Waals surface area contributed by atoms with Crippen LogP contribution in [0.3, 0.4) is 0 Å². The van der Waals surface area contributed by atoms with Crippen molar-refractivity contribution in [3.05, 3.63) is 29.6 Å². The van der Waals surface area contributed by atoms with E-state index >= 15 is 0 Å². The van der Waals surface area contributed by atoms with Gasteiger partial charge in [0, 0.05) is 12.6 Å². The number of halogens is 2. The molecule has 0 saturated heterocycles. The lowest BCUT2D eigenvalue weighted by molar-refractivity contribution is 0.212. The molecule has 2 rings (SSSR count). The van der Waals surface area contributed by atoms with E-state index in [4.69, 9.17) is 9.42 Å². The molecule has 0 spiro atoms. The molecule has 0 aliphatic heterocycles. The predicted octanol–water partition coefficient (Wildman–Crippen LogP) is 4.02. The monoisotopic (exact) mass is 290 g/mol. The Hall–Kier alpha value is -0.930. The first-order chi connectivity index (χ1) is 8.88. The van der Waals surface area contributed by atoms with E-state index < -0.39 is 25.5 Å². The van der Waals surface area contributed by atoms with Gasteiger partial charge in [-0.1, -0.05) is 25.0 Å². The molecule has 0 aromatic heterocycles. The van der Waals surface area contributed by atoms with E-state index in [2.05, 4.69) is 0 Å². The highest BCUT2D eigenvalue weighted by atomic mass is 31.2. The van der Waals surface area contributed by atoms with E-state index in [0.29, 0.717) is 12.8 Å². The lowest BCUT2D eigenvalue weighted by Crippen LogP contribution is -2.19. The topological polar surface area (TPSA) is 46.5 Å². The Morgan fingerprint density at radius 1 is 1.37 bits per heavy atom. The first-order valence-electron chi connectivity index (χ1n) is 6.31. The van der Waals surface area contributed by atoms with Gasteiger partial charge in [-0.15, -0.1) is 0 Å². The van der Waals surface area contributed by atoms with Crippen LogP contribution in [-0.2, 0) is 4.57 Å². The number of alkyl halides is 1. The van der Waals surface area contributed by atoms with Gasteiger partial charge in [0.05, 0.1) is 0 Å². The molecule has 0 amide bonds.